The van der Waals surface area contributed by atoms with E-state index in [-0.39, 0.29) is 5.25 Å². The SMILES string of the molecule is CC(Sc1nnc(-c2cccc(Cl)c2)n1N)c1nnc(-c2cccs2)o1. The molecule has 1 unspecified atom stereocenters. The van der Waals surface area contributed by atoms with Gasteiger partial charge in [0, 0.05) is 10.6 Å². The highest BCUT2D eigenvalue weighted by Crippen LogP contribution is 2.35. The minimum absolute atomic E-state index is 0.130. The number of hydrogen-bond donors (Lipinski definition) is 1. The Morgan fingerprint density at radius 3 is 2.85 bits per heavy atom. The molecule has 1 atom stereocenters. The van der Waals surface area contributed by atoms with Gasteiger partial charge in [-0.05, 0) is 30.5 Å². The molecule has 0 bridgehead atoms. The summed E-state index contributed by atoms with van der Waals surface area (Å²) in [5.74, 6) is 7.71. The van der Waals surface area contributed by atoms with Gasteiger partial charge in [-0.25, -0.2) is 4.68 Å². The second-order valence-corrected chi connectivity index (χ2v) is 8.06. The van der Waals surface area contributed by atoms with Crippen molar-refractivity contribution in [1.29, 1.82) is 0 Å². The molecule has 3 heterocycles. The number of nitrogens with two attached hydrogens (primary N) is 1. The van der Waals surface area contributed by atoms with E-state index in [0.717, 1.165) is 10.4 Å². The summed E-state index contributed by atoms with van der Waals surface area (Å²) < 4.78 is 7.19. The molecular weight excluding hydrogens is 392 g/mol. The van der Waals surface area contributed by atoms with Gasteiger partial charge in [-0.3, -0.25) is 0 Å². The van der Waals surface area contributed by atoms with Gasteiger partial charge in [0.2, 0.25) is 11.0 Å². The first-order valence-corrected chi connectivity index (χ1v) is 9.76. The van der Waals surface area contributed by atoms with E-state index >= 15 is 0 Å². The molecule has 1 aromatic carbocycles. The minimum atomic E-state index is -0.130. The quantitative estimate of drug-likeness (QED) is 0.391. The van der Waals surface area contributed by atoms with E-state index in [0.29, 0.717) is 27.8 Å². The molecule has 0 aliphatic heterocycles. The third-order valence-electron chi connectivity index (χ3n) is 3.55. The number of rotatable bonds is 5. The van der Waals surface area contributed by atoms with Crippen molar-refractivity contribution in [1.82, 2.24) is 25.1 Å². The van der Waals surface area contributed by atoms with Crippen LogP contribution in [-0.2, 0) is 0 Å². The average molecular weight is 405 g/mol. The predicted octanol–water partition coefficient (Wildman–Crippen LogP) is 4.28. The van der Waals surface area contributed by atoms with Crippen LogP contribution in [0.2, 0.25) is 5.02 Å². The standard InChI is InChI=1S/C16H13ClN6OS2/c1-9(14-20-21-15(24-14)12-6-3-7-25-12)26-16-22-19-13(23(16)18)10-4-2-5-11(17)8-10/h2-9H,18H2,1H3. The summed E-state index contributed by atoms with van der Waals surface area (Å²) in [6.07, 6.45) is 0. The molecule has 0 fully saturated rings. The molecule has 0 radical (unpaired) electrons. The molecule has 0 aliphatic rings. The Hall–Kier alpha value is -2.36. The topological polar surface area (TPSA) is 95.7 Å². The van der Waals surface area contributed by atoms with E-state index in [1.807, 2.05) is 36.6 Å². The molecule has 3 aromatic heterocycles. The van der Waals surface area contributed by atoms with Crippen LogP contribution in [0, 0.1) is 0 Å². The van der Waals surface area contributed by atoms with E-state index in [2.05, 4.69) is 20.4 Å². The van der Waals surface area contributed by atoms with Crippen LogP contribution in [-0.4, -0.2) is 25.1 Å². The maximum atomic E-state index is 6.16. The average Bonchev–Trinajstić information content (AvgIpc) is 3.36. The molecule has 2 N–H and O–H groups in total. The van der Waals surface area contributed by atoms with E-state index in [1.165, 1.54) is 16.4 Å². The summed E-state index contributed by atoms with van der Waals surface area (Å²) in [5, 5.41) is 19.5. The van der Waals surface area contributed by atoms with Gasteiger partial charge in [0.25, 0.3) is 5.89 Å². The summed E-state index contributed by atoms with van der Waals surface area (Å²) in [4.78, 5) is 0.936. The Balaban J connectivity index is 1.54. The zero-order chi connectivity index (χ0) is 18.1. The normalized spacial score (nSPS) is 12.4. The van der Waals surface area contributed by atoms with Gasteiger partial charge < -0.3 is 10.3 Å². The van der Waals surface area contributed by atoms with Gasteiger partial charge in [-0.2, -0.15) is 0 Å². The number of nitrogen functional groups attached to an aromatic ring is 1. The summed E-state index contributed by atoms with van der Waals surface area (Å²) in [7, 11) is 0. The van der Waals surface area contributed by atoms with Gasteiger partial charge in [-0.15, -0.1) is 31.7 Å². The third-order valence-corrected chi connectivity index (χ3v) is 5.69. The molecule has 0 aliphatic carbocycles. The van der Waals surface area contributed by atoms with Crippen LogP contribution in [0.4, 0.5) is 0 Å². The molecule has 10 heteroatoms. The fourth-order valence-electron chi connectivity index (χ4n) is 2.29. The maximum absolute atomic E-state index is 6.16. The zero-order valence-electron chi connectivity index (χ0n) is 13.5. The number of aromatic nitrogens is 5. The zero-order valence-corrected chi connectivity index (χ0v) is 15.9. The molecule has 0 spiro atoms. The first-order valence-electron chi connectivity index (χ1n) is 7.62. The van der Waals surface area contributed by atoms with Crippen molar-refractivity contribution in [3.05, 3.63) is 52.7 Å². The Bertz CT molecular complexity index is 1030. The highest BCUT2D eigenvalue weighted by atomic mass is 35.5. The second kappa shape index (κ2) is 7.10. The number of thioether (sulfide) groups is 1. The van der Waals surface area contributed by atoms with Gasteiger partial charge in [0.1, 0.15) is 0 Å². The van der Waals surface area contributed by atoms with E-state index in [1.54, 1.807) is 23.5 Å². The van der Waals surface area contributed by atoms with Crippen LogP contribution in [0.5, 0.6) is 0 Å². The fourth-order valence-corrected chi connectivity index (χ4v) is 3.92. The summed E-state index contributed by atoms with van der Waals surface area (Å²) in [5.41, 5.74) is 0.796. The van der Waals surface area contributed by atoms with Crippen LogP contribution < -0.4 is 5.84 Å². The summed E-state index contributed by atoms with van der Waals surface area (Å²) >= 11 is 8.97. The lowest BCUT2D eigenvalue weighted by Crippen LogP contribution is -2.12. The van der Waals surface area contributed by atoms with E-state index in [9.17, 15) is 0 Å². The van der Waals surface area contributed by atoms with Gasteiger partial charge in [0.15, 0.2) is 5.82 Å². The fraction of sp³-hybridized carbons (Fsp3) is 0.125. The Morgan fingerprint density at radius 2 is 2.08 bits per heavy atom. The lowest BCUT2D eigenvalue weighted by Gasteiger charge is -2.07. The molecule has 0 saturated carbocycles. The molecule has 7 nitrogen and oxygen atoms in total. The van der Waals surface area contributed by atoms with Crippen molar-refractivity contribution >= 4 is 34.7 Å². The number of thiophene rings is 1. The van der Waals surface area contributed by atoms with Crippen molar-refractivity contribution in [2.75, 3.05) is 5.84 Å². The monoisotopic (exact) mass is 404 g/mol. The summed E-state index contributed by atoms with van der Waals surface area (Å²) in [6.45, 7) is 1.95. The molecule has 132 valence electrons. The number of benzene rings is 1. The second-order valence-electron chi connectivity index (χ2n) is 5.37. The lowest BCUT2D eigenvalue weighted by atomic mass is 10.2. The van der Waals surface area contributed by atoms with Crippen LogP contribution in [0.1, 0.15) is 18.1 Å². The molecule has 26 heavy (non-hydrogen) atoms. The number of nitrogens with zero attached hydrogens (tertiary/aromatic N) is 5. The first kappa shape index (κ1) is 17.1. The predicted molar refractivity (Wildman–Crippen MR) is 103 cm³/mol. The van der Waals surface area contributed by atoms with E-state index < -0.39 is 0 Å². The lowest BCUT2D eigenvalue weighted by molar-refractivity contribution is 0.510. The Kier molecular flexibility index (Phi) is 4.66. The largest absolute Gasteiger partial charge is 0.419 e. The van der Waals surface area contributed by atoms with E-state index in [4.69, 9.17) is 21.9 Å². The van der Waals surface area contributed by atoms with Crippen molar-refractivity contribution in [3.63, 3.8) is 0 Å². The molecular formula is C16H13ClN6OS2. The molecule has 4 aromatic rings. The molecule has 0 saturated heterocycles. The summed E-state index contributed by atoms with van der Waals surface area (Å²) in [6, 6.07) is 11.2. The molecule has 4 rings (SSSR count). The van der Waals surface area contributed by atoms with Crippen molar-refractivity contribution < 1.29 is 4.42 Å². The van der Waals surface area contributed by atoms with Crippen molar-refractivity contribution in [2.24, 2.45) is 0 Å². The maximum Gasteiger partial charge on any atom is 0.257 e. The van der Waals surface area contributed by atoms with Crippen LogP contribution in [0.15, 0.2) is 51.4 Å². The van der Waals surface area contributed by atoms with Gasteiger partial charge >= 0.3 is 0 Å². The van der Waals surface area contributed by atoms with Crippen LogP contribution in [0.3, 0.4) is 0 Å². The van der Waals surface area contributed by atoms with Crippen molar-refractivity contribution in [3.8, 4) is 22.2 Å². The third kappa shape index (κ3) is 3.33. The van der Waals surface area contributed by atoms with Crippen LogP contribution >= 0.6 is 34.7 Å². The van der Waals surface area contributed by atoms with Crippen LogP contribution in [0.25, 0.3) is 22.2 Å². The minimum Gasteiger partial charge on any atom is -0.419 e. The highest BCUT2D eigenvalue weighted by Gasteiger charge is 2.21. The number of halogens is 1. The Labute approximate surface area is 162 Å². The number of hydrogen-bond acceptors (Lipinski definition) is 8. The smallest absolute Gasteiger partial charge is 0.257 e. The van der Waals surface area contributed by atoms with Crippen molar-refractivity contribution in [2.45, 2.75) is 17.3 Å². The highest BCUT2D eigenvalue weighted by molar-refractivity contribution is 7.99. The van der Waals surface area contributed by atoms with Gasteiger partial charge in [-0.1, -0.05) is 41.6 Å². The van der Waals surface area contributed by atoms with Gasteiger partial charge in [0.05, 0.1) is 10.1 Å². The Morgan fingerprint density at radius 1 is 1.19 bits per heavy atom. The first-order chi connectivity index (χ1) is 12.6. The molecule has 0 amide bonds.